The van der Waals surface area contributed by atoms with E-state index in [4.69, 9.17) is 0 Å². The molecule has 1 aromatic rings. The molecule has 0 aromatic carbocycles. The number of aliphatic hydroxyl groups excluding tert-OH is 1. The lowest BCUT2D eigenvalue weighted by molar-refractivity contribution is 0.0239. The molecule has 0 aliphatic heterocycles. The average Bonchev–Trinajstić information content (AvgIpc) is 2.89. The smallest absolute Gasteiger partial charge is 0.115 e. The first kappa shape index (κ1) is 15.5. The van der Waals surface area contributed by atoms with Gasteiger partial charge in [0.2, 0.25) is 0 Å². The fraction of sp³-hybridized carbons (Fsp3) is 0.750. The lowest BCUT2D eigenvalue weighted by Gasteiger charge is -2.36. The SMILES string of the molecule is CC1CCC(C#N)(C(O)c2csc(C(C)(C)C)n2)CC1. The summed E-state index contributed by atoms with van der Waals surface area (Å²) in [6, 6.07) is 2.40. The van der Waals surface area contributed by atoms with Crippen LogP contribution in [0.2, 0.25) is 0 Å². The Hall–Kier alpha value is -0.920. The average molecular weight is 292 g/mol. The molecule has 3 nitrogen and oxygen atoms in total. The standard InChI is InChI=1S/C16H24N2OS/c1-11-5-7-16(10-17,8-6-11)13(19)12-9-20-14(18-12)15(2,3)4/h9,11,13,19H,5-8H2,1-4H3. The van der Waals surface area contributed by atoms with Crippen molar-refractivity contribution in [3.63, 3.8) is 0 Å². The number of hydrogen-bond acceptors (Lipinski definition) is 4. The number of nitriles is 1. The fourth-order valence-corrected chi connectivity index (χ4v) is 3.69. The van der Waals surface area contributed by atoms with Crippen molar-refractivity contribution in [2.24, 2.45) is 11.3 Å². The van der Waals surface area contributed by atoms with Gasteiger partial charge in [-0.25, -0.2) is 4.98 Å². The number of aliphatic hydroxyl groups is 1. The molecule has 1 aromatic heterocycles. The first-order valence-corrected chi connectivity index (χ1v) is 8.22. The number of hydrogen-bond donors (Lipinski definition) is 1. The Labute approximate surface area is 125 Å². The molecule has 1 heterocycles. The molecule has 110 valence electrons. The zero-order valence-electron chi connectivity index (χ0n) is 12.8. The largest absolute Gasteiger partial charge is 0.385 e. The second kappa shape index (κ2) is 5.46. The summed E-state index contributed by atoms with van der Waals surface area (Å²) in [5.74, 6) is 0.657. The molecule has 20 heavy (non-hydrogen) atoms. The summed E-state index contributed by atoms with van der Waals surface area (Å²) in [6.45, 7) is 8.56. The molecular formula is C16H24N2OS. The maximum absolute atomic E-state index is 10.7. The Morgan fingerprint density at radius 3 is 2.50 bits per heavy atom. The normalized spacial score (nSPS) is 28.9. The fourth-order valence-electron chi connectivity index (χ4n) is 2.76. The van der Waals surface area contributed by atoms with E-state index in [0.717, 1.165) is 30.7 Å². The van der Waals surface area contributed by atoms with Crippen LogP contribution in [-0.4, -0.2) is 10.1 Å². The van der Waals surface area contributed by atoms with Gasteiger partial charge in [-0.15, -0.1) is 11.3 Å². The van der Waals surface area contributed by atoms with Crippen LogP contribution in [0, 0.1) is 22.7 Å². The first-order chi connectivity index (χ1) is 9.28. The van der Waals surface area contributed by atoms with E-state index in [0.29, 0.717) is 11.6 Å². The van der Waals surface area contributed by atoms with E-state index < -0.39 is 11.5 Å². The highest BCUT2D eigenvalue weighted by Gasteiger charge is 2.43. The van der Waals surface area contributed by atoms with Crippen LogP contribution in [-0.2, 0) is 5.41 Å². The minimum Gasteiger partial charge on any atom is -0.385 e. The van der Waals surface area contributed by atoms with Gasteiger partial charge in [0.1, 0.15) is 6.10 Å². The van der Waals surface area contributed by atoms with Crippen LogP contribution in [0.15, 0.2) is 5.38 Å². The summed E-state index contributed by atoms with van der Waals surface area (Å²) in [6.07, 6.45) is 2.82. The van der Waals surface area contributed by atoms with E-state index in [2.05, 4.69) is 38.7 Å². The summed E-state index contributed by atoms with van der Waals surface area (Å²) in [5.41, 5.74) is 0.0234. The minimum absolute atomic E-state index is 0.0104. The monoisotopic (exact) mass is 292 g/mol. The van der Waals surface area contributed by atoms with Gasteiger partial charge in [-0.1, -0.05) is 27.7 Å². The van der Waals surface area contributed by atoms with Crippen LogP contribution < -0.4 is 0 Å². The number of thiazole rings is 1. The van der Waals surface area contributed by atoms with E-state index >= 15 is 0 Å². The van der Waals surface area contributed by atoms with Crippen LogP contribution >= 0.6 is 11.3 Å². The highest BCUT2D eigenvalue weighted by molar-refractivity contribution is 7.09. The number of aromatic nitrogens is 1. The molecule has 0 saturated heterocycles. The molecule has 0 radical (unpaired) electrons. The quantitative estimate of drug-likeness (QED) is 0.889. The Morgan fingerprint density at radius 1 is 1.45 bits per heavy atom. The Kier molecular flexibility index (Phi) is 4.22. The molecule has 1 fully saturated rings. The molecule has 2 rings (SSSR count). The molecule has 0 bridgehead atoms. The molecule has 1 saturated carbocycles. The molecule has 1 aliphatic rings. The third-order valence-electron chi connectivity index (χ3n) is 4.36. The summed E-state index contributed by atoms with van der Waals surface area (Å²) in [7, 11) is 0. The predicted octanol–water partition coefficient (Wildman–Crippen LogP) is 4.19. The molecular weight excluding hydrogens is 268 g/mol. The predicted molar refractivity (Wildman–Crippen MR) is 81.5 cm³/mol. The van der Waals surface area contributed by atoms with Gasteiger partial charge in [0.25, 0.3) is 0 Å². The molecule has 1 N–H and O–H groups in total. The van der Waals surface area contributed by atoms with Crippen molar-refractivity contribution in [3.05, 3.63) is 16.1 Å². The maximum atomic E-state index is 10.7. The second-order valence-corrected chi connectivity index (χ2v) is 8.04. The van der Waals surface area contributed by atoms with Crippen molar-refractivity contribution in [2.45, 2.75) is 64.9 Å². The third kappa shape index (κ3) is 2.89. The molecule has 1 aliphatic carbocycles. The van der Waals surface area contributed by atoms with Gasteiger partial charge in [0.05, 0.1) is 22.2 Å². The zero-order valence-corrected chi connectivity index (χ0v) is 13.6. The van der Waals surface area contributed by atoms with Crippen LogP contribution in [0.3, 0.4) is 0 Å². The van der Waals surface area contributed by atoms with E-state index in [1.165, 1.54) is 0 Å². The topological polar surface area (TPSA) is 56.9 Å². The molecule has 1 atom stereocenters. The van der Waals surface area contributed by atoms with Crippen LogP contribution in [0.1, 0.15) is 70.2 Å². The summed E-state index contributed by atoms with van der Waals surface area (Å²) in [4.78, 5) is 4.59. The van der Waals surface area contributed by atoms with E-state index in [-0.39, 0.29) is 5.41 Å². The Morgan fingerprint density at radius 2 is 2.05 bits per heavy atom. The van der Waals surface area contributed by atoms with Gasteiger partial charge in [-0.2, -0.15) is 5.26 Å². The molecule has 0 spiro atoms. The molecule has 0 amide bonds. The zero-order chi connectivity index (χ0) is 15.0. The summed E-state index contributed by atoms with van der Waals surface area (Å²) < 4.78 is 0. The van der Waals surface area contributed by atoms with Crippen molar-refractivity contribution in [1.82, 2.24) is 4.98 Å². The maximum Gasteiger partial charge on any atom is 0.115 e. The van der Waals surface area contributed by atoms with Crippen LogP contribution in [0.4, 0.5) is 0 Å². The van der Waals surface area contributed by atoms with Gasteiger partial charge in [0, 0.05) is 10.8 Å². The van der Waals surface area contributed by atoms with Crippen LogP contribution in [0.25, 0.3) is 0 Å². The second-order valence-electron chi connectivity index (χ2n) is 7.18. The lowest BCUT2D eigenvalue weighted by atomic mass is 9.68. The van der Waals surface area contributed by atoms with Gasteiger partial charge in [-0.05, 0) is 31.6 Å². The van der Waals surface area contributed by atoms with Gasteiger partial charge < -0.3 is 5.11 Å². The molecule has 1 unspecified atom stereocenters. The van der Waals surface area contributed by atoms with Crippen molar-refractivity contribution in [1.29, 1.82) is 5.26 Å². The highest BCUT2D eigenvalue weighted by Crippen LogP contribution is 2.47. The van der Waals surface area contributed by atoms with E-state index in [1.807, 2.05) is 5.38 Å². The summed E-state index contributed by atoms with van der Waals surface area (Å²) in [5, 5.41) is 23.2. The van der Waals surface area contributed by atoms with Gasteiger partial charge in [0.15, 0.2) is 0 Å². The molecule has 4 heteroatoms. The number of nitrogens with zero attached hydrogens (tertiary/aromatic N) is 2. The van der Waals surface area contributed by atoms with Crippen LogP contribution in [0.5, 0.6) is 0 Å². The third-order valence-corrected chi connectivity index (χ3v) is 5.64. The first-order valence-electron chi connectivity index (χ1n) is 7.34. The van der Waals surface area contributed by atoms with Crippen molar-refractivity contribution >= 4 is 11.3 Å². The van der Waals surface area contributed by atoms with Crippen molar-refractivity contribution in [3.8, 4) is 6.07 Å². The van der Waals surface area contributed by atoms with Crippen molar-refractivity contribution in [2.75, 3.05) is 0 Å². The summed E-state index contributed by atoms with van der Waals surface area (Å²) >= 11 is 1.58. The van der Waals surface area contributed by atoms with E-state index in [1.54, 1.807) is 11.3 Å². The highest BCUT2D eigenvalue weighted by atomic mass is 32.1. The van der Waals surface area contributed by atoms with E-state index in [9.17, 15) is 10.4 Å². The van der Waals surface area contributed by atoms with Gasteiger partial charge >= 0.3 is 0 Å². The Bertz CT molecular complexity index is 501. The number of rotatable bonds is 2. The van der Waals surface area contributed by atoms with Crippen molar-refractivity contribution < 1.29 is 5.11 Å². The Balaban J connectivity index is 2.23. The minimum atomic E-state index is -0.757. The van der Waals surface area contributed by atoms with Gasteiger partial charge in [-0.3, -0.25) is 0 Å². The lowest BCUT2D eigenvalue weighted by Crippen LogP contribution is -2.32.